The van der Waals surface area contributed by atoms with Crippen molar-refractivity contribution < 1.29 is 23.8 Å². The van der Waals surface area contributed by atoms with E-state index >= 15 is 0 Å². The van der Waals surface area contributed by atoms with Crippen LogP contribution in [0.25, 0.3) is 0 Å². The number of aromatic nitrogens is 1. The van der Waals surface area contributed by atoms with Crippen molar-refractivity contribution in [3.05, 3.63) is 52.5 Å². The van der Waals surface area contributed by atoms with Crippen molar-refractivity contribution in [1.82, 2.24) is 9.88 Å². The molecule has 30 heavy (non-hydrogen) atoms. The summed E-state index contributed by atoms with van der Waals surface area (Å²) in [6.45, 7) is 4.14. The molecule has 0 bridgehead atoms. The first-order valence-electron chi connectivity index (χ1n) is 9.88. The minimum Gasteiger partial charge on any atom is -0.481 e. The van der Waals surface area contributed by atoms with Gasteiger partial charge in [0.1, 0.15) is 11.9 Å². The highest BCUT2D eigenvalue weighted by Gasteiger charge is 2.38. The van der Waals surface area contributed by atoms with Gasteiger partial charge in [0.2, 0.25) is 5.88 Å². The molecular formula is C22H24FN3O4. The van der Waals surface area contributed by atoms with E-state index in [2.05, 4.69) is 10.3 Å². The highest BCUT2D eigenvalue weighted by molar-refractivity contribution is 5.97. The van der Waals surface area contributed by atoms with E-state index in [0.29, 0.717) is 34.8 Å². The van der Waals surface area contributed by atoms with Crippen molar-refractivity contribution in [2.45, 2.75) is 44.6 Å². The Hall–Kier alpha value is -3.16. The van der Waals surface area contributed by atoms with Gasteiger partial charge in [-0.15, -0.1) is 0 Å². The Morgan fingerprint density at radius 3 is 2.77 bits per heavy atom. The predicted molar refractivity (Wildman–Crippen MR) is 108 cm³/mol. The number of nitrogens with zero attached hydrogens (tertiary/aromatic N) is 2. The SMILES string of the molecule is COc1ccc2c(n1)CCN(C(=O)O)[C@H]2C(=O)Nc1cc(F)c2c(c1)CCC2(C)C. The molecule has 158 valence electrons. The molecule has 1 aromatic carbocycles. The molecule has 0 spiro atoms. The number of hydrogen-bond acceptors (Lipinski definition) is 4. The number of halogens is 1. The Balaban J connectivity index is 1.67. The van der Waals surface area contributed by atoms with Gasteiger partial charge >= 0.3 is 6.09 Å². The fourth-order valence-corrected chi connectivity index (χ4v) is 4.54. The van der Waals surface area contributed by atoms with Crippen LogP contribution in [0, 0.1) is 5.82 Å². The summed E-state index contributed by atoms with van der Waals surface area (Å²) in [6.07, 6.45) is 0.761. The Morgan fingerprint density at radius 2 is 2.07 bits per heavy atom. The van der Waals surface area contributed by atoms with Gasteiger partial charge in [-0.3, -0.25) is 9.69 Å². The van der Waals surface area contributed by atoms with Crippen molar-refractivity contribution in [3.63, 3.8) is 0 Å². The highest BCUT2D eigenvalue weighted by Crippen LogP contribution is 2.41. The van der Waals surface area contributed by atoms with Crippen LogP contribution in [0.4, 0.5) is 14.9 Å². The van der Waals surface area contributed by atoms with E-state index in [1.165, 1.54) is 13.2 Å². The van der Waals surface area contributed by atoms with Gasteiger partial charge in [-0.2, -0.15) is 0 Å². The van der Waals surface area contributed by atoms with Gasteiger partial charge < -0.3 is 15.2 Å². The van der Waals surface area contributed by atoms with E-state index in [1.807, 2.05) is 13.8 Å². The van der Waals surface area contributed by atoms with E-state index in [4.69, 9.17) is 4.74 Å². The number of carbonyl (C=O) groups is 2. The van der Waals surface area contributed by atoms with Gasteiger partial charge in [0, 0.05) is 30.3 Å². The number of aryl methyl sites for hydroxylation is 1. The summed E-state index contributed by atoms with van der Waals surface area (Å²) < 4.78 is 19.9. The maximum atomic E-state index is 14.8. The van der Waals surface area contributed by atoms with Crippen LogP contribution in [0.3, 0.4) is 0 Å². The van der Waals surface area contributed by atoms with E-state index in [9.17, 15) is 19.1 Å². The molecule has 0 saturated carbocycles. The third-order valence-corrected chi connectivity index (χ3v) is 6.02. The molecule has 1 aliphatic carbocycles. The zero-order valence-corrected chi connectivity index (χ0v) is 17.2. The number of carboxylic acid groups (broad SMARTS) is 1. The monoisotopic (exact) mass is 413 g/mol. The molecule has 4 rings (SSSR count). The van der Waals surface area contributed by atoms with E-state index in [1.54, 1.807) is 18.2 Å². The Morgan fingerprint density at radius 1 is 1.30 bits per heavy atom. The van der Waals surface area contributed by atoms with Gasteiger partial charge in [0.25, 0.3) is 5.91 Å². The first-order valence-corrected chi connectivity index (χ1v) is 9.88. The zero-order chi connectivity index (χ0) is 21.6. The smallest absolute Gasteiger partial charge is 0.408 e. The van der Waals surface area contributed by atoms with Crippen LogP contribution in [-0.4, -0.2) is 40.6 Å². The van der Waals surface area contributed by atoms with Gasteiger partial charge in [0.05, 0.1) is 12.8 Å². The fourth-order valence-electron chi connectivity index (χ4n) is 4.54. The lowest BCUT2D eigenvalue weighted by Gasteiger charge is -2.33. The first kappa shape index (κ1) is 20.1. The van der Waals surface area contributed by atoms with Crippen LogP contribution in [0.1, 0.15) is 48.7 Å². The number of nitrogens with one attached hydrogen (secondary N) is 1. The van der Waals surface area contributed by atoms with Crippen LogP contribution in [0.15, 0.2) is 24.3 Å². The van der Waals surface area contributed by atoms with Crippen molar-refractivity contribution in [3.8, 4) is 5.88 Å². The second-order valence-corrected chi connectivity index (χ2v) is 8.38. The van der Waals surface area contributed by atoms with Crippen LogP contribution in [0.5, 0.6) is 5.88 Å². The number of hydrogen-bond donors (Lipinski definition) is 2. The second kappa shape index (κ2) is 7.27. The Bertz CT molecular complexity index is 1040. The molecule has 2 aliphatic rings. The van der Waals surface area contributed by atoms with Crippen molar-refractivity contribution in [2.75, 3.05) is 19.0 Å². The molecule has 0 fully saturated rings. The number of ether oxygens (including phenoxy) is 1. The number of rotatable bonds is 3. The van der Waals surface area contributed by atoms with Gasteiger partial charge in [0.15, 0.2) is 0 Å². The number of amides is 2. The quantitative estimate of drug-likeness (QED) is 0.801. The largest absolute Gasteiger partial charge is 0.481 e. The number of methoxy groups -OCH3 is 1. The van der Waals surface area contributed by atoms with Crippen LogP contribution < -0.4 is 10.1 Å². The molecule has 0 unspecified atom stereocenters. The number of fused-ring (bicyclic) bond motifs is 2. The summed E-state index contributed by atoms with van der Waals surface area (Å²) >= 11 is 0. The highest BCUT2D eigenvalue weighted by atomic mass is 19.1. The van der Waals surface area contributed by atoms with Crippen LogP contribution >= 0.6 is 0 Å². The van der Waals surface area contributed by atoms with E-state index in [-0.39, 0.29) is 17.8 Å². The summed E-state index contributed by atoms with van der Waals surface area (Å²) in [6, 6.07) is 5.28. The number of benzene rings is 1. The Labute approximate surface area is 173 Å². The van der Waals surface area contributed by atoms with E-state index < -0.39 is 18.0 Å². The molecule has 2 amide bonds. The average Bonchev–Trinajstić information content (AvgIpc) is 3.01. The fraction of sp³-hybridized carbons (Fsp3) is 0.409. The molecule has 1 atom stereocenters. The van der Waals surface area contributed by atoms with Crippen molar-refractivity contribution >= 4 is 17.7 Å². The van der Waals surface area contributed by atoms with Gasteiger partial charge in [-0.1, -0.05) is 13.8 Å². The molecule has 7 nitrogen and oxygen atoms in total. The van der Waals surface area contributed by atoms with Gasteiger partial charge in [-0.25, -0.2) is 14.2 Å². The predicted octanol–water partition coefficient (Wildman–Crippen LogP) is 3.67. The molecule has 1 aliphatic heterocycles. The maximum Gasteiger partial charge on any atom is 0.408 e. The molecule has 0 radical (unpaired) electrons. The van der Waals surface area contributed by atoms with Crippen molar-refractivity contribution in [2.24, 2.45) is 0 Å². The summed E-state index contributed by atoms with van der Waals surface area (Å²) in [4.78, 5) is 30.4. The minimum absolute atomic E-state index is 0.132. The topological polar surface area (TPSA) is 91.8 Å². The molecule has 2 N–H and O–H groups in total. The minimum atomic E-state index is -1.20. The third-order valence-electron chi connectivity index (χ3n) is 6.02. The van der Waals surface area contributed by atoms with Gasteiger partial charge in [-0.05, 0) is 47.6 Å². The van der Waals surface area contributed by atoms with Crippen molar-refractivity contribution in [1.29, 1.82) is 0 Å². The number of anilines is 1. The molecule has 8 heteroatoms. The second-order valence-electron chi connectivity index (χ2n) is 8.38. The zero-order valence-electron chi connectivity index (χ0n) is 17.2. The number of carbonyl (C=O) groups excluding carboxylic acids is 1. The lowest BCUT2D eigenvalue weighted by Crippen LogP contribution is -2.45. The summed E-state index contributed by atoms with van der Waals surface area (Å²) in [5, 5.41) is 12.3. The van der Waals surface area contributed by atoms with Crippen LogP contribution in [-0.2, 0) is 23.1 Å². The number of pyridine rings is 1. The maximum absolute atomic E-state index is 14.8. The Kier molecular flexibility index (Phi) is 4.88. The summed E-state index contributed by atoms with van der Waals surface area (Å²) in [5.74, 6) is -0.488. The summed E-state index contributed by atoms with van der Waals surface area (Å²) in [7, 11) is 1.50. The lowest BCUT2D eigenvalue weighted by atomic mass is 9.86. The normalized spacial score (nSPS) is 19.1. The molecule has 1 aromatic heterocycles. The molecular weight excluding hydrogens is 389 g/mol. The average molecular weight is 413 g/mol. The molecule has 2 heterocycles. The first-order chi connectivity index (χ1) is 14.2. The summed E-state index contributed by atoms with van der Waals surface area (Å²) in [5.41, 5.74) is 2.77. The molecule has 0 saturated heterocycles. The third kappa shape index (κ3) is 3.36. The standard InChI is InChI=1S/C22H24FN3O4/c1-22(2)8-6-12-10-13(11-15(23)18(12)22)24-20(27)19-14-4-5-17(30-3)25-16(14)7-9-26(19)21(28)29/h4-5,10-11,19H,6-9H2,1-3H3,(H,24,27)(H,28,29)/t19-/m1/s1. The van der Waals surface area contributed by atoms with Crippen LogP contribution in [0.2, 0.25) is 0 Å². The van der Waals surface area contributed by atoms with E-state index in [0.717, 1.165) is 23.3 Å². The molecule has 2 aromatic rings. The lowest BCUT2D eigenvalue weighted by molar-refractivity contribution is -0.121.